The maximum atomic E-state index is 13.1. The molecule has 0 saturated carbocycles. The van der Waals surface area contributed by atoms with Gasteiger partial charge in [-0.2, -0.15) is 0 Å². The van der Waals surface area contributed by atoms with Gasteiger partial charge in [-0.05, 0) is 46.7 Å². The number of hydrogen-bond acceptors (Lipinski definition) is 2. The van der Waals surface area contributed by atoms with Gasteiger partial charge in [0.25, 0.3) is 0 Å². The summed E-state index contributed by atoms with van der Waals surface area (Å²) in [5, 5.41) is 3.56. The highest BCUT2D eigenvalue weighted by Crippen LogP contribution is 2.38. The third-order valence-corrected chi connectivity index (χ3v) is 5.38. The van der Waals surface area contributed by atoms with Crippen LogP contribution in [0.5, 0.6) is 0 Å². The van der Waals surface area contributed by atoms with Crippen LogP contribution in [0.1, 0.15) is 16.5 Å². The summed E-state index contributed by atoms with van der Waals surface area (Å²) in [5.74, 6) is -0.344. The van der Waals surface area contributed by atoms with E-state index in [0.717, 1.165) is 14.9 Å². The van der Waals surface area contributed by atoms with Crippen LogP contribution in [0, 0.1) is 5.82 Å². The normalized spacial score (nSPS) is 12.7. The first-order valence-electron chi connectivity index (χ1n) is 5.10. The number of rotatable bonds is 3. The highest BCUT2D eigenvalue weighted by atomic mass is 79.9. The quantitative estimate of drug-likeness (QED) is 0.778. The smallest absolute Gasteiger partial charge is 0.124 e. The summed E-state index contributed by atoms with van der Waals surface area (Å²) in [4.78, 5) is 1.02. The minimum absolute atomic E-state index is 0.105. The van der Waals surface area contributed by atoms with Crippen LogP contribution in [-0.4, -0.2) is 7.05 Å². The second-order valence-electron chi connectivity index (χ2n) is 3.66. The maximum absolute atomic E-state index is 13.1. The van der Waals surface area contributed by atoms with Gasteiger partial charge in [-0.3, -0.25) is 0 Å². The summed E-state index contributed by atoms with van der Waals surface area (Å²) in [5.41, 5.74) is 0.825. The molecular weight excluding hydrogens is 360 g/mol. The van der Waals surface area contributed by atoms with Crippen molar-refractivity contribution in [1.82, 2.24) is 5.32 Å². The molecule has 0 aliphatic heterocycles. The van der Waals surface area contributed by atoms with Crippen LogP contribution in [0.2, 0.25) is 9.36 Å². The molecule has 0 amide bonds. The van der Waals surface area contributed by atoms with Crippen LogP contribution in [0.15, 0.2) is 28.7 Å². The Morgan fingerprint density at radius 3 is 2.56 bits per heavy atom. The van der Waals surface area contributed by atoms with Gasteiger partial charge in [0.2, 0.25) is 0 Å². The van der Waals surface area contributed by atoms with Crippen LogP contribution < -0.4 is 5.32 Å². The van der Waals surface area contributed by atoms with E-state index in [1.54, 1.807) is 6.07 Å². The second-order valence-corrected chi connectivity index (χ2v) is 6.61. The minimum atomic E-state index is -0.344. The van der Waals surface area contributed by atoms with Crippen molar-refractivity contribution in [1.29, 1.82) is 0 Å². The molecule has 96 valence electrons. The fraction of sp³-hybridized carbons (Fsp3) is 0.167. The van der Waals surface area contributed by atoms with Gasteiger partial charge in [0.15, 0.2) is 0 Å². The van der Waals surface area contributed by atoms with Crippen molar-refractivity contribution in [2.75, 3.05) is 7.05 Å². The van der Waals surface area contributed by atoms with E-state index in [2.05, 4.69) is 21.2 Å². The molecule has 1 aromatic carbocycles. The van der Waals surface area contributed by atoms with E-state index < -0.39 is 0 Å². The molecule has 1 unspecified atom stereocenters. The molecule has 2 rings (SSSR count). The molecule has 0 spiro atoms. The number of hydrogen-bond donors (Lipinski definition) is 1. The lowest BCUT2D eigenvalue weighted by atomic mass is 10.1. The zero-order valence-corrected chi connectivity index (χ0v) is 13.2. The van der Waals surface area contributed by atoms with E-state index in [1.807, 2.05) is 13.1 Å². The number of benzene rings is 1. The topological polar surface area (TPSA) is 12.0 Å². The van der Waals surface area contributed by atoms with Gasteiger partial charge in [-0.1, -0.05) is 29.3 Å². The molecule has 6 heteroatoms. The fourth-order valence-electron chi connectivity index (χ4n) is 1.69. The van der Waals surface area contributed by atoms with Crippen molar-refractivity contribution < 1.29 is 4.39 Å². The molecule has 0 saturated heterocycles. The Morgan fingerprint density at radius 2 is 2.06 bits per heavy atom. The molecule has 0 fully saturated rings. The highest BCUT2D eigenvalue weighted by Gasteiger charge is 2.19. The Labute approximate surface area is 127 Å². The SMILES string of the molecule is CNC(c1cc(Br)c(Cl)s1)c1ccc(F)cc1Cl. The number of nitrogens with one attached hydrogen (secondary N) is 1. The summed E-state index contributed by atoms with van der Waals surface area (Å²) < 4.78 is 14.6. The summed E-state index contributed by atoms with van der Waals surface area (Å²) in [7, 11) is 1.83. The summed E-state index contributed by atoms with van der Waals surface area (Å²) in [6.45, 7) is 0. The predicted molar refractivity (Wildman–Crippen MR) is 79.3 cm³/mol. The number of halogens is 4. The zero-order valence-electron chi connectivity index (χ0n) is 9.31. The molecule has 1 aromatic heterocycles. The van der Waals surface area contributed by atoms with Gasteiger partial charge in [0.05, 0.1) is 6.04 Å². The first-order chi connectivity index (χ1) is 8.52. The Bertz CT molecular complexity index is 554. The number of thiophene rings is 1. The van der Waals surface area contributed by atoms with Crippen LogP contribution in [-0.2, 0) is 0 Å². The molecule has 0 aliphatic rings. The Morgan fingerprint density at radius 1 is 1.33 bits per heavy atom. The average Bonchev–Trinajstić information content (AvgIpc) is 2.63. The molecule has 1 heterocycles. The summed E-state index contributed by atoms with van der Waals surface area (Å²) >= 11 is 16.9. The standard InChI is InChI=1S/C12H9BrCl2FNS/c1-17-11(10-5-8(13)12(15)18-10)7-3-2-6(16)4-9(7)14/h2-5,11,17H,1H3. The van der Waals surface area contributed by atoms with E-state index in [-0.39, 0.29) is 11.9 Å². The second kappa shape index (κ2) is 5.88. The van der Waals surface area contributed by atoms with Crippen molar-refractivity contribution in [3.8, 4) is 0 Å². The van der Waals surface area contributed by atoms with E-state index >= 15 is 0 Å². The monoisotopic (exact) mass is 367 g/mol. The maximum Gasteiger partial charge on any atom is 0.124 e. The van der Waals surface area contributed by atoms with Crippen LogP contribution >= 0.6 is 50.5 Å². The lowest BCUT2D eigenvalue weighted by Crippen LogP contribution is -2.16. The molecule has 0 radical (unpaired) electrons. The van der Waals surface area contributed by atoms with E-state index in [9.17, 15) is 4.39 Å². The van der Waals surface area contributed by atoms with Crippen LogP contribution in [0.25, 0.3) is 0 Å². The van der Waals surface area contributed by atoms with Gasteiger partial charge < -0.3 is 5.32 Å². The van der Waals surface area contributed by atoms with E-state index in [0.29, 0.717) is 9.36 Å². The van der Waals surface area contributed by atoms with E-state index in [1.165, 1.54) is 23.5 Å². The van der Waals surface area contributed by atoms with Gasteiger partial charge in [-0.25, -0.2) is 4.39 Å². The average molecular weight is 369 g/mol. The molecule has 1 atom stereocenters. The molecular formula is C12H9BrCl2FNS. The fourth-order valence-corrected chi connectivity index (χ4v) is 3.83. The molecule has 0 aliphatic carbocycles. The Hall–Kier alpha value is -0.130. The Balaban J connectivity index is 2.45. The summed E-state index contributed by atoms with van der Waals surface area (Å²) in [6.07, 6.45) is 0. The van der Waals surface area contributed by atoms with Crippen molar-refractivity contribution in [2.45, 2.75) is 6.04 Å². The third kappa shape index (κ3) is 2.89. The van der Waals surface area contributed by atoms with Crippen molar-refractivity contribution in [2.24, 2.45) is 0 Å². The third-order valence-electron chi connectivity index (χ3n) is 2.51. The molecule has 2 aromatic rings. The largest absolute Gasteiger partial charge is 0.309 e. The lowest BCUT2D eigenvalue weighted by Gasteiger charge is -2.16. The van der Waals surface area contributed by atoms with E-state index in [4.69, 9.17) is 23.2 Å². The van der Waals surface area contributed by atoms with Gasteiger partial charge in [-0.15, -0.1) is 11.3 Å². The minimum Gasteiger partial charge on any atom is -0.309 e. The van der Waals surface area contributed by atoms with Crippen LogP contribution in [0.3, 0.4) is 0 Å². The van der Waals surface area contributed by atoms with Crippen molar-refractivity contribution in [3.63, 3.8) is 0 Å². The molecule has 1 N–H and O–H groups in total. The van der Waals surface area contributed by atoms with Crippen molar-refractivity contribution in [3.05, 3.63) is 54.4 Å². The van der Waals surface area contributed by atoms with Crippen molar-refractivity contribution >= 4 is 50.5 Å². The van der Waals surface area contributed by atoms with Crippen LogP contribution in [0.4, 0.5) is 4.39 Å². The Kier molecular flexibility index (Phi) is 4.67. The lowest BCUT2D eigenvalue weighted by molar-refractivity contribution is 0.624. The summed E-state index contributed by atoms with van der Waals surface area (Å²) in [6, 6.07) is 6.22. The molecule has 1 nitrogen and oxygen atoms in total. The first-order valence-corrected chi connectivity index (χ1v) is 7.46. The van der Waals surface area contributed by atoms with Gasteiger partial charge >= 0.3 is 0 Å². The highest BCUT2D eigenvalue weighted by molar-refractivity contribution is 9.10. The first kappa shape index (κ1) is 14.3. The van der Waals surface area contributed by atoms with Gasteiger partial charge in [0, 0.05) is 14.4 Å². The van der Waals surface area contributed by atoms with Gasteiger partial charge in [0.1, 0.15) is 10.2 Å². The molecule has 0 bridgehead atoms. The molecule has 18 heavy (non-hydrogen) atoms. The predicted octanol–water partition coefficient (Wildman–Crippen LogP) is 5.27. The zero-order chi connectivity index (χ0) is 13.3.